The summed E-state index contributed by atoms with van der Waals surface area (Å²) in [7, 11) is 1.24. The Bertz CT molecular complexity index is 1190. The monoisotopic (exact) mass is 441 g/mol. The first-order valence-corrected chi connectivity index (χ1v) is 10.6. The molecule has 1 heterocycles. The number of hydrogen-bond donors (Lipinski definition) is 1. The van der Waals surface area contributed by atoms with E-state index >= 15 is 0 Å². The third kappa shape index (κ3) is 4.77. The van der Waals surface area contributed by atoms with Crippen molar-refractivity contribution in [1.29, 1.82) is 0 Å². The molecule has 0 radical (unpaired) electrons. The van der Waals surface area contributed by atoms with Gasteiger partial charge in [-0.25, -0.2) is 9.37 Å². The average Bonchev–Trinajstić information content (AvgIpc) is 3.59. The lowest BCUT2D eigenvalue weighted by molar-refractivity contribution is -0.141. The van der Waals surface area contributed by atoms with Gasteiger partial charge < -0.3 is 10.1 Å². The number of fused-ring (bicyclic) bond motifs is 1. The van der Waals surface area contributed by atoms with Gasteiger partial charge in [-0.1, -0.05) is 36.0 Å². The van der Waals surface area contributed by atoms with Crippen LogP contribution in [0.15, 0.2) is 58.5 Å². The number of para-hydroxylation sites is 1. The second kappa shape index (κ2) is 8.89. The minimum absolute atomic E-state index is 0.123. The molecule has 31 heavy (non-hydrogen) atoms. The lowest BCUT2D eigenvalue weighted by atomic mass is 10.1. The van der Waals surface area contributed by atoms with Crippen molar-refractivity contribution in [2.75, 3.05) is 7.11 Å². The van der Waals surface area contributed by atoms with Crippen LogP contribution in [0, 0.1) is 5.82 Å². The SMILES string of the molecule is COC(=O)Cn1c(SC(C(=O)NC2CC2)c2ccc(F)cc2)nc2ccccc2c1=O. The first-order valence-electron chi connectivity index (χ1n) is 9.75. The smallest absolute Gasteiger partial charge is 0.325 e. The van der Waals surface area contributed by atoms with Gasteiger partial charge in [0.1, 0.15) is 17.6 Å². The van der Waals surface area contributed by atoms with E-state index in [0.29, 0.717) is 16.5 Å². The summed E-state index contributed by atoms with van der Waals surface area (Å²) in [6.07, 6.45) is 1.82. The van der Waals surface area contributed by atoms with Crippen LogP contribution < -0.4 is 10.9 Å². The van der Waals surface area contributed by atoms with Gasteiger partial charge in [0.05, 0.1) is 18.0 Å². The highest BCUT2D eigenvalue weighted by atomic mass is 32.2. The molecule has 0 bridgehead atoms. The summed E-state index contributed by atoms with van der Waals surface area (Å²) in [4.78, 5) is 42.6. The molecule has 1 aromatic heterocycles. The van der Waals surface area contributed by atoms with Crippen LogP contribution in [-0.2, 0) is 20.9 Å². The molecule has 2 aromatic carbocycles. The molecule has 1 unspecified atom stereocenters. The van der Waals surface area contributed by atoms with Crippen LogP contribution in [-0.4, -0.2) is 34.6 Å². The van der Waals surface area contributed by atoms with Crippen LogP contribution >= 0.6 is 11.8 Å². The molecular formula is C22H20FN3O4S. The predicted octanol–water partition coefficient (Wildman–Crippen LogP) is 2.82. The number of ether oxygens (including phenoxy) is 1. The van der Waals surface area contributed by atoms with E-state index in [-0.39, 0.29) is 23.7 Å². The van der Waals surface area contributed by atoms with Crippen LogP contribution in [0.5, 0.6) is 0 Å². The Hall–Kier alpha value is -3.20. The number of amides is 1. The molecule has 0 spiro atoms. The molecule has 1 atom stereocenters. The zero-order chi connectivity index (χ0) is 22.0. The molecule has 1 saturated carbocycles. The maximum Gasteiger partial charge on any atom is 0.325 e. The molecule has 0 saturated heterocycles. The van der Waals surface area contributed by atoms with Crippen LogP contribution in [0.2, 0.25) is 0 Å². The molecule has 3 aromatic rings. The zero-order valence-electron chi connectivity index (χ0n) is 16.7. The summed E-state index contributed by atoms with van der Waals surface area (Å²) >= 11 is 1.04. The second-order valence-corrected chi connectivity index (χ2v) is 8.28. The Morgan fingerprint density at radius 2 is 1.94 bits per heavy atom. The van der Waals surface area contributed by atoms with Crippen molar-refractivity contribution >= 4 is 34.5 Å². The molecule has 1 aliphatic carbocycles. The van der Waals surface area contributed by atoms with E-state index in [2.05, 4.69) is 10.3 Å². The summed E-state index contributed by atoms with van der Waals surface area (Å²) in [6, 6.07) is 12.5. The van der Waals surface area contributed by atoms with Crippen molar-refractivity contribution in [3.63, 3.8) is 0 Å². The Morgan fingerprint density at radius 3 is 2.61 bits per heavy atom. The highest BCUT2D eigenvalue weighted by Crippen LogP contribution is 2.36. The summed E-state index contributed by atoms with van der Waals surface area (Å²) in [6.45, 7) is -0.337. The van der Waals surface area contributed by atoms with E-state index in [1.807, 2.05) is 0 Å². The van der Waals surface area contributed by atoms with Gasteiger partial charge in [-0.05, 0) is 42.7 Å². The molecule has 1 amide bonds. The normalized spacial score (nSPS) is 14.3. The predicted molar refractivity (Wildman–Crippen MR) is 114 cm³/mol. The number of methoxy groups -OCH3 is 1. The summed E-state index contributed by atoms with van der Waals surface area (Å²) in [5, 5.41) is 2.73. The van der Waals surface area contributed by atoms with Crippen LogP contribution in [0.3, 0.4) is 0 Å². The molecule has 1 N–H and O–H groups in total. The molecule has 4 rings (SSSR count). The fraction of sp³-hybridized carbons (Fsp3) is 0.273. The van der Waals surface area contributed by atoms with E-state index in [9.17, 15) is 18.8 Å². The maximum absolute atomic E-state index is 13.5. The Labute approximate surface area is 181 Å². The lowest BCUT2D eigenvalue weighted by Crippen LogP contribution is -2.31. The third-order valence-electron chi connectivity index (χ3n) is 4.90. The average molecular weight is 441 g/mol. The van der Waals surface area contributed by atoms with E-state index in [1.165, 1.54) is 35.9 Å². The van der Waals surface area contributed by atoms with Gasteiger partial charge in [0, 0.05) is 6.04 Å². The molecule has 9 heteroatoms. The number of carbonyl (C=O) groups is 2. The van der Waals surface area contributed by atoms with Crippen LogP contribution in [0.1, 0.15) is 23.7 Å². The maximum atomic E-state index is 13.5. The number of benzene rings is 2. The summed E-state index contributed by atoms with van der Waals surface area (Å²) in [5.41, 5.74) is 0.618. The molecule has 0 aliphatic heterocycles. The molecule has 1 aliphatic rings. The van der Waals surface area contributed by atoms with Gasteiger partial charge in [-0.15, -0.1) is 0 Å². The minimum atomic E-state index is -0.779. The first kappa shape index (κ1) is 21.0. The van der Waals surface area contributed by atoms with Crippen LogP contribution in [0.4, 0.5) is 4.39 Å². The molecular weight excluding hydrogens is 421 g/mol. The summed E-state index contributed by atoms with van der Waals surface area (Å²) in [5.74, 6) is -1.28. The fourth-order valence-corrected chi connectivity index (χ4v) is 4.20. The number of halogens is 1. The lowest BCUT2D eigenvalue weighted by Gasteiger charge is -2.19. The number of carbonyl (C=O) groups excluding carboxylic acids is 2. The van der Waals surface area contributed by atoms with Gasteiger partial charge in [0.25, 0.3) is 5.56 Å². The largest absolute Gasteiger partial charge is 0.468 e. The number of rotatable bonds is 7. The van der Waals surface area contributed by atoms with Gasteiger partial charge in [-0.3, -0.25) is 19.0 Å². The third-order valence-corrected chi connectivity index (χ3v) is 6.14. The van der Waals surface area contributed by atoms with Crippen molar-refractivity contribution in [3.8, 4) is 0 Å². The number of hydrogen-bond acceptors (Lipinski definition) is 6. The van der Waals surface area contributed by atoms with Gasteiger partial charge in [-0.2, -0.15) is 0 Å². The van der Waals surface area contributed by atoms with Crippen molar-refractivity contribution in [1.82, 2.24) is 14.9 Å². The number of aromatic nitrogens is 2. The Morgan fingerprint density at radius 1 is 1.23 bits per heavy atom. The topological polar surface area (TPSA) is 90.3 Å². The molecule has 7 nitrogen and oxygen atoms in total. The van der Waals surface area contributed by atoms with E-state index in [1.54, 1.807) is 24.3 Å². The number of nitrogens with zero attached hydrogens (tertiary/aromatic N) is 2. The minimum Gasteiger partial charge on any atom is -0.468 e. The van der Waals surface area contributed by atoms with Gasteiger partial charge >= 0.3 is 5.97 Å². The van der Waals surface area contributed by atoms with Gasteiger partial charge in [0.2, 0.25) is 5.91 Å². The Kier molecular flexibility index (Phi) is 6.03. The van der Waals surface area contributed by atoms with Gasteiger partial charge in [0.15, 0.2) is 5.16 Å². The zero-order valence-corrected chi connectivity index (χ0v) is 17.5. The highest BCUT2D eigenvalue weighted by Gasteiger charge is 2.30. The van der Waals surface area contributed by atoms with Crippen LogP contribution in [0.25, 0.3) is 10.9 Å². The standard InChI is InChI=1S/C22H20FN3O4S/c1-30-18(27)12-26-21(29)16-4-2-3-5-17(16)25-22(26)31-19(20(28)24-15-10-11-15)13-6-8-14(23)9-7-13/h2-9,15,19H,10-12H2,1H3,(H,24,28). The number of esters is 1. The summed E-state index contributed by atoms with van der Waals surface area (Å²) < 4.78 is 19.4. The molecule has 160 valence electrons. The van der Waals surface area contributed by atoms with E-state index in [4.69, 9.17) is 4.74 Å². The van der Waals surface area contributed by atoms with Crippen molar-refractivity contribution < 1.29 is 18.7 Å². The second-order valence-electron chi connectivity index (χ2n) is 7.21. The van der Waals surface area contributed by atoms with Crippen molar-refractivity contribution in [2.24, 2.45) is 0 Å². The Balaban J connectivity index is 1.79. The highest BCUT2D eigenvalue weighted by molar-refractivity contribution is 8.00. The quantitative estimate of drug-likeness (QED) is 0.345. The van der Waals surface area contributed by atoms with Crippen molar-refractivity contribution in [3.05, 3.63) is 70.3 Å². The van der Waals surface area contributed by atoms with E-state index in [0.717, 1.165) is 24.6 Å². The van der Waals surface area contributed by atoms with E-state index < -0.39 is 22.6 Å². The van der Waals surface area contributed by atoms with Crippen molar-refractivity contribution in [2.45, 2.75) is 35.8 Å². The number of nitrogens with one attached hydrogen (secondary N) is 1. The first-order chi connectivity index (χ1) is 15.0. The molecule has 1 fully saturated rings. The number of thioether (sulfide) groups is 1. The fourth-order valence-electron chi connectivity index (χ4n) is 3.09.